The SMILES string of the molecule is CCOC(=O)COc1c(Br)cc(/C=C(\C#N)C(=O)Nc2ccc(CC)cc2)cc1OC. The summed E-state index contributed by atoms with van der Waals surface area (Å²) in [6, 6.07) is 12.6. The molecule has 0 atom stereocenters. The second-order valence-electron chi connectivity index (χ2n) is 6.30. The fraction of sp³-hybridized carbons (Fsp3) is 0.261. The number of carbonyl (C=O) groups excluding carboxylic acids is 2. The number of nitrogens with zero attached hydrogens (tertiary/aromatic N) is 1. The maximum Gasteiger partial charge on any atom is 0.344 e. The molecule has 1 amide bonds. The van der Waals surface area contributed by atoms with E-state index in [0.29, 0.717) is 27.2 Å². The smallest absolute Gasteiger partial charge is 0.344 e. The molecule has 0 heterocycles. The van der Waals surface area contributed by atoms with Gasteiger partial charge in [-0.25, -0.2) is 4.79 Å². The fourth-order valence-electron chi connectivity index (χ4n) is 2.63. The molecule has 0 bridgehead atoms. The summed E-state index contributed by atoms with van der Waals surface area (Å²) in [6.07, 6.45) is 2.34. The van der Waals surface area contributed by atoms with Gasteiger partial charge in [0.25, 0.3) is 5.91 Å². The van der Waals surface area contributed by atoms with Crippen LogP contribution in [0.3, 0.4) is 0 Å². The third-order valence-corrected chi connectivity index (χ3v) is 4.78. The lowest BCUT2D eigenvalue weighted by Gasteiger charge is -2.13. The van der Waals surface area contributed by atoms with Crippen LogP contribution in [0.1, 0.15) is 25.0 Å². The number of carbonyl (C=O) groups is 2. The summed E-state index contributed by atoms with van der Waals surface area (Å²) in [4.78, 5) is 24.1. The molecule has 8 heteroatoms. The number of rotatable bonds is 9. The first-order chi connectivity index (χ1) is 14.9. The van der Waals surface area contributed by atoms with Crippen LogP contribution in [0.4, 0.5) is 5.69 Å². The number of methoxy groups -OCH3 is 1. The van der Waals surface area contributed by atoms with Gasteiger partial charge in [0.2, 0.25) is 0 Å². The van der Waals surface area contributed by atoms with Gasteiger partial charge in [-0.1, -0.05) is 19.1 Å². The number of aryl methyl sites for hydroxylation is 1. The average Bonchev–Trinajstić information content (AvgIpc) is 2.76. The molecule has 1 N–H and O–H groups in total. The van der Waals surface area contributed by atoms with Crippen molar-refractivity contribution >= 4 is 39.6 Å². The number of nitriles is 1. The van der Waals surface area contributed by atoms with Crippen molar-refractivity contribution in [1.82, 2.24) is 0 Å². The average molecular weight is 487 g/mol. The van der Waals surface area contributed by atoms with E-state index in [1.165, 1.54) is 13.2 Å². The van der Waals surface area contributed by atoms with Gasteiger partial charge >= 0.3 is 5.97 Å². The molecule has 0 aliphatic carbocycles. The number of benzene rings is 2. The molecule has 2 aromatic rings. The van der Waals surface area contributed by atoms with Crippen molar-refractivity contribution in [3.8, 4) is 17.6 Å². The Morgan fingerprint density at radius 3 is 2.48 bits per heavy atom. The molecular formula is C23H23BrN2O5. The van der Waals surface area contributed by atoms with Crippen molar-refractivity contribution in [2.45, 2.75) is 20.3 Å². The van der Waals surface area contributed by atoms with Crippen LogP contribution in [0.2, 0.25) is 0 Å². The molecular weight excluding hydrogens is 464 g/mol. The van der Waals surface area contributed by atoms with E-state index in [1.54, 1.807) is 31.2 Å². The summed E-state index contributed by atoms with van der Waals surface area (Å²) in [5.41, 5.74) is 2.22. The molecule has 0 unspecified atom stereocenters. The van der Waals surface area contributed by atoms with Crippen molar-refractivity contribution in [2.24, 2.45) is 0 Å². The molecule has 0 aromatic heterocycles. The first-order valence-electron chi connectivity index (χ1n) is 9.59. The standard InChI is InChI=1S/C23H23BrN2O5/c1-4-15-6-8-18(9-7-15)26-23(28)17(13-25)10-16-11-19(24)22(20(12-16)29-3)31-14-21(27)30-5-2/h6-12H,4-5,14H2,1-3H3,(H,26,28)/b17-10+. The zero-order valence-electron chi connectivity index (χ0n) is 17.5. The van der Waals surface area contributed by atoms with Gasteiger partial charge < -0.3 is 19.5 Å². The Labute approximate surface area is 189 Å². The molecule has 7 nitrogen and oxygen atoms in total. The molecule has 0 spiro atoms. The Kier molecular flexibility index (Phi) is 9.10. The number of amides is 1. The van der Waals surface area contributed by atoms with Crippen molar-refractivity contribution < 1.29 is 23.8 Å². The third-order valence-electron chi connectivity index (χ3n) is 4.19. The van der Waals surface area contributed by atoms with Crippen LogP contribution < -0.4 is 14.8 Å². The molecule has 31 heavy (non-hydrogen) atoms. The van der Waals surface area contributed by atoms with E-state index in [9.17, 15) is 14.9 Å². The summed E-state index contributed by atoms with van der Waals surface area (Å²) >= 11 is 3.37. The minimum absolute atomic E-state index is 0.0753. The molecule has 0 aliphatic heterocycles. The van der Waals surface area contributed by atoms with Crippen LogP contribution >= 0.6 is 15.9 Å². The Hall–Kier alpha value is -3.31. The Bertz CT molecular complexity index is 1010. The van der Waals surface area contributed by atoms with Crippen molar-refractivity contribution in [2.75, 3.05) is 25.6 Å². The van der Waals surface area contributed by atoms with E-state index in [2.05, 4.69) is 21.2 Å². The topological polar surface area (TPSA) is 97.7 Å². The molecule has 0 aliphatic rings. The predicted octanol–water partition coefficient (Wildman–Crippen LogP) is 4.51. The van der Waals surface area contributed by atoms with Crippen molar-refractivity contribution in [1.29, 1.82) is 5.26 Å². The summed E-state index contributed by atoms with van der Waals surface area (Å²) in [6.45, 7) is 3.73. The van der Waals surface area contributed by atoms with E-state index in [1.807, 2.05) is 25.1 Å². The number of nitrogens with one attached hydrogen (secondary N) is 1. The molecule has 0 fully saturated rings. The lowest BCUT2D eigenvalue weighted by molar-refractivity contribution is -0.145. The highest BCUT2D eigenvalue weighted by Gasteiger charge is 2.15. The molecule has 162 valence electrons. The highest BCUT2D eigenvalue weighted by Crippen LogP contribution is 2.37. The van der Waals surface area contributed by atoms with Gasteiger partial charge in [0, 0.05) is 5.69 Å². The van der Waals surface area contributed by atoms with Crippen LogP contribution in [-0.4, -0.2) is 32.2 Å². The molecule has 0 radical (unpaired) electrons. The van der Waals surface area contributed by atoms with Crippen LogP contribution in [-0.2, 0) is 20.7 Å². The summed E-state index contributed by atoms with van der Waals surface area (Å²) < 4.78 is 16.2. The second kappa shape index (κ2) is 11.8. The number of halogens is 1. The van der Waals surface area contributed by atoms with Gasteiger partial charge in [-0.2, -0.15) is 5.26 Å². The van der Waals surface area contributed by atoms with Crippen LogP contribution in [0.5, 0.6) is 11.5 Å². The lowest BCUT2D eigenvalue weighted by atomic mass is 10.1. The summed E-state index contributed by atoms with van der Waals surface area (Å²) in [5, 5.41) is 12.2. The zero-order chi connectivity index (χ0) is 22.8. The Morgan fingerprint density at radius 1 is 1.19 bits per heavy atom. The minimum Gasteiger partial charge on any atom is -0.493 e. The first-order valence-corrected chi connectivity index (χ1v) is 10.4. The number of esters is 1. The predicted molar refractivity (Wildman–Crippen MR) is 121 cm³/mol. The van der Waals surface area contributed by atoms with E-state index >= 15 is 0 Å². The maximum absolute atomic E-state index is 12.5. The molecule has 2 rings (SSSR count). The van der Waals surface area contributed by atoms with E-state index in [-0.39, 0.29) is 18.8 Å². The second-order valence-corrected chi connectivity index (χ2v) is 7.16. The van der Waals surface area contributed by atoms with E-state index in [4.69, 9.17) is 14.2 Å². The quantitative estimate of drug-likeness (QED) is 0.318. The normalized spacial score (nSPS) is 10.7. The van der Waals surface area contributed by atoms with E-state index in [0.717, 1.165) is 12.0 Å². The number of ether oxygens (including phenoxy) is 3. The molecule has 2 aromatic carbocycles. The van der Waals surface area contributed by atoms with Gasteiger partial charge in [-0.05, 0) is 70.7 Å². The fourth-order valence-corrected chi connectivity index (χ4v) is 3.21. The highest BCUT2D eigenvalue weighted by atomic mass is 79.9. The van der Waals surface area contributed by atoms with Crippen LogP contribution in [0.25, 0.3) is 6.08 Å². The van der Waals surface area contributed by atoms with Gasteiger partial charge in [0.05, 0.1) is 18.2 Å². The van der Waals surface area contributed by atoms with Crippen LogP contribution in [0.15, 0.2) is 46.4 Å². The van der Waals surface area contributed by atoms with Crippen LogP contribution in [0, 0.1) is 11.3 Å². The lowest BCUT2D eigenvalue weighted by Crippen LogP contribution is -2.15. The van der Waals surface area contributed by atoms with Gasteiger partial charge in [-0.3, -0.25) is 4.79 Å². The highest BCUT2D eigenvalue weighted by molar-refractivity contribution is 9.10. The largest absolute Gasteiger partial charge is 0.493 e. The number of hydrogen-bond donors (Lipinski definition) is 1. The number of anilines is 1. The molecule has 0 saturated carbocycles. The molecule has 0 saturated heterocycles. The summed E-state index contributed by atoms with van der Waals surface area (Å²) in [7, 11) is 1.45. The zero-order valence-corrected chi connectivity index (χ0v) is 19.1. The summed E-state index contributed by atoms with van der Waals surface area (Å²) in [5.74, 6) is -0.384. The Morgan fingerprint density at radius 2 is 1.90 bits per heavy atom. The van der Waals surface area contributed by atoms with E-state index < -0.39 is 11.9 Å². The number of hydrogen-bond acceptors (Lipinski definition) is 6. The van der Waals surface area contributed by atoms with Gasteiger partial charge in [0.1, 0.15) is 11.6 Å². The van der Waals surface area contributed by atoms with Gasteiger partial charge in [-0.15, -0.1) is 0 Å². The Balaban J connectivity index is 2.22. The van der Waals surface area contributed by atoms with Crippen molar-refractivity contribution in [3.63, 3.8) is 0 Å². The maximum atomic E-state index is 12.5. The third kappa shape index (κ3) is 6.86. The minimum atomic E-state index is -0.524. The van der Waals surface area contributed by atoms with Crippen molar-refractivity contribution in [3.05, 3.63) is 57.6 Å². The first kappa shape index (κ1) is 24.0. The monoisotopic (exact) mass is 486 g/mol. The van der Waals surface area contributed by atoms with Gasteiger partial charge in [0.15, 0.2) is 18.1 Å².